The minimum absolute atomic E-state index is 0.302. The van der Waals surface area contributed by atoms with E-state index >= 15 is 0 Å². The van der Waals surface area contributed by atoms with E-state index in [0.717, 1.165) is 5.56 Å². The van der Waals surface area contributed by atoms with E-state index in [1.165, 1.54) is 10.9 Å². The Morgan fingerprint density at radius 2 is 1.96 bits per heavy atom. The number of nitrogens with zero attached hydrogens (tertiary/aromatic N) is 3. The number of carboxylic acids is 1. The lowest BCUT2D eigenvalue weighted by Crippen LogP contribution is -2.10. The Morgan fingerprint density at radius 1 is 1.26 bits per heavy atom. The van der Waals surface area contributed by atoms with E-state index < -0.39 is 12.6 Å². The summed E-state index contributed by atoms with van der Waals surface area (Å²) >= 11 is 5.27. The molecule has 27 heavy (non-hydrogen) atoms. The molecule has 0 saturated carbocycles. The van der Waals surface area contributed by atoms with Gasteiger partial charge in [-0.2, -0.15) is 14.9 Å². The maximum atomic E-state index is 10.7. The Balaban J connectivity index is 1.97. The number of hydrogen-bond donors (Lipinski definition) is 2. The second kappa shape index (κ2) is 8.28. The number of aromatic amines is 1. The van der Waals surface area contributed by atoms with Gasteiger partial charge in [-0.1, -0.05) is 24.3 Å². The fraction of sp³-hybridized carbons (Fsp3) is 0.111. The van der Waals surface area contributed by atoms with Crippen molar-refractivity contribution in [3.63, 3.8) is 0 Å². The highest BCUT2D eigenvalue weighted by Gasteiger charge is 2.13. The quantitative estimate of drug-likeness (QED) is 0.480. The smallest absolute Gasteiger partial charge is 0.341 e. The SMILES string of the molecule is COc1ccccc1-c1n[nH]c(=S)n1N=Cc1ccccc1OCC(=O)O. The van der Waals surface area contributed by atoms with E-state index in [-0.39, 0.29) is 0 Å². The number of rotatable bonds is 7. The number of aliphatic carboxylic acids is 1. The normalized spacial score (nSPS) is 10.9. The van der Waals surface area contributed by atoms with Gasteiger partial charge in [-0.3, -0.25) is 0 Å². The van der Waals surface area contributed by atoms with Crippen molar-refractivity contribution in [2.24, 2.45) is 5.10 Å². The summed E-state index contributed by atoms with van der Waals surface area (Å²) < 4.78 is 12.4. The van der Waals surface area contributed by atoms with E-state index in [1.807, 2.05) is 24.3 Å². The maximum Gasteiger partial charge on any atom is 0.341 e. The molecule has 138 valence electrons. The summed E-state index contributed by atoms with van der Waals surface area (Å²) in [6.45, 7) is -0.442. The number of hydrogen-bond acceptors (Lipinski definition) is 6. The summed E-state index contributed by atoms with van der Waals surface area (Å²) in [4.78, 5) is 10.7. The largest absolute Gasteiger partial charge is 0.496 e. The molecule has 0 aliphatic carbocycles. The number of para-hydroxylation sites is 2. The lowest BCUT2D eigenvalue weighted by molar-refractivity contribution is -0.139. The van der Waals surface area contributed by atoms with Crippen LogP contribution in [0.25, 0.3) is 11.4 Å². The van der Waals surface area contributed by atoms with Gasteiger partial charge in [0.05, 0.1) is 18.9 Å². The Labute approximate surface area is 159 Å². The number of methoxy groups -OCH3 is 1. The number of carbonyl (C=O) groups is 1. The van der Waals surface area contributed by atoms with E-state index in [1.54, 1.807) is 31.4 Å². The fourth-order valence-corrected chi connectivity index (χ4v) is 2.56. The molecule has 0 aliphatic rings. The minimum atomic E-state index is -1.06. The third-order valence-corrected chi connectivity index (χ3v) is 3.84. The molecule has 0 bridgehead atoms. The van der Waals surface area contributed by atoms with Gasteiger partial charge in [0.1, 0.15) is 11.5 Å². The third-order valence-electron chi connectivity index (χ3n) is 3.58. The molecule has 9 heteroatoms. The van der Waals surface area contributed by atoms with Gasteiger partial charge in [-0.05, 0) is 36.5 Å². The fourth-order valence-electron chi connectivity index (χ4n) is 2.38. The number of nitrogens with one attached hydrogen (secondary N) is 1. The first-order valence-electron chi connectivity index (χ1n) is 7.89. The first-order valence-corrected chi connectivity index (χ1v) is 8.29. The number of aromatic nitrogens is 3. The molecule has 0 radical (unpaired) electrons. The molecular weight excluding hydrogens is 368 g/mol. The van der Waals surface area contributed by atoms with Gasteiger partial charge in [0.25, 0.3) is 0 Å². The summed E-state index contributed by atoms with van der Waals surface area (Å²) in [6.07, 6.45) is 1.53. The van der Waals surface area contributed by atoms with E-state index in [0.29, 0.717) is 27.7 Å². The minimum Gasteiger partial charge on any atom is -0.496 e. The molecule has 1 aromatic heterocycles. The first-order chi connectivity index (χ1) is 13.1. The highest BCUT2D eigenvalue weighted by Crippen LogP contribution is 2.28. The van der Waals surface area contributed by atoms with Crippen LogP contribution in [0.1, 0.15) is 5.56 Å². The number of carboxylic acid groups (broad SMARTS) is 1. The molecule has 3 aromatic rings. The van der Waals surface area contributed by atoms with Crippen molar-refractivity contribution in [3.05, 3.63) is 58.9 Å². The topological polar surface area (TPSA) is 102 Å². The van der Waals surface area contributed by atoms with Crippen molar-refractivity contribution in [2.45, 2.75) is 0 Å². The van der Waals surface area contributed by atoms with E-state index in [4.69, 9.17) is 26.8 Å². The highest BCUT2D eigenvalue weighted by molar-refractivity contribution is 7.71. The first kappa shape index (κ1) is 18.3. The Kier molecular flexibility index (Phi) is 5.62. The van der Waals surface area contributed by atoms with Gasteiger partial charge in [0, 0.05) is 5.56 Å². The Morgan fingerprint density at radius 3 is 2.70 bits per heavy atom. The Bertz CT molecular complexity index is 1040. The molecule has 1 heterocycles. The molecule has 0 spiro atoms. The van der Waals surface area contributed by atoms with Crippen LogP contribution in [-0.2, 0) is 4.79 Å². The van der Waals surface area contributed by atoms with Gasteiger partial charge < -0.3 is 14.6 Å². The summed E-state index contributed by atoms with van der Waals surface area (Å²) in [6, 6.07) is 14.3. The number of H-pyrrole nitrogens is 1. The summed E-state index contributed by atoms with van der Waals surface area (Å²) in [5.41, 5.74) is 1.33. The molecule has 0 atom stereocenters. The van der Waals surface area contributed by atoms with Crippen LogP contribution < -0.4 is 9.47 Å². The zero-order chi connectivity index (χ0) is 19.2. The molecule has 0 unspecified atom stereocenters. The molecule has 0 aliphatic heterocycles. The van der Waals surface area contributed by atoms with Gasteiger partial charge in [-0.15, -0.1) is 0 Å². The summed E-state index contributed by atoms with van der Waals surface area (Å²) in [5.74, 6) is 0.459. The highest BCUT2D eigenvalue weighted by atomic mass is 32.1. The van der Waals surface area contributed by atoms with Gasteiger partial charge >= 0.3 is 5.97 Å². The Hall–Kier alpha value is -3.46. The van der Waals surface area contributed by atoms with E-state index in [2.05, 4.69) is 15.3 Å². The number of benzene rings is 2. The van der Waals surface area contributed by atoms with Crippen LogP contribution in [-0.4, -0.2) is 45.9 Å². The maximum absolute atomic E-state index is 10.7. The van der Waals surface area contributed by atoms with Crippen molar-refractivity contribution in [2.75, 3.05) is 13.7 Å². The van der Waals surface area contributed by atoms with Gasteiger partial charge in [-0.25, -0.2) is 9.89 Å². The van der Waals surface area contributed by atoms with Crippen LogP contribution in [0.15, 0.2) is 53.6 Å². The molecule has 8 nitrogen and oxygen atoms in total. The molecular formula is C18H16N4O4S. The zero-order valence-corrected chi connectivity index (χ0v) is 15.1. The number of ether oxygens (including phenoxy) is 2. The van der Waals surface area contributed by atoms with Crippen molar-refractivity contribution in [1.29, 1.82) is 0 Å². The molecule has 2 aromatic carbocycles. The van der Waals surface area contributed by atoms with Crippen LogP contribution in [0, 0.1) is 4.77 Å². The van der Waals surface area contributed by atoms with Crippen LogP contribution in [0.3, 0.4) is 0 Å². The lowest BCUT2D eigenvalue weighted by atomic mass is 10.2. The lowest BCUT2D eigenvalue weighted by Gasteiger charge is -2.08. The molecule has 0 saturated heterocycles. The van der Waals surface area contributed by atoms with Gasteiger partial charge in [0.2, 0.25) is 4.77 Å². The van der Waals surface area contributed by atoms with Crippen LogP contribution in [0.2, 0.25) is 0 Å². The average Bonchev–Trinajstić information content (AvgIpc) is 3.05. The standard InChI is InChI=1S/C18H16N4O4S/c1-25-15-9-5-3-7-13(15)17-20-21-18(27)22(17)19-10-12-6-2-4-8-14(12)26-11-16(23)24/h2-10H,11H2,1H3,(H,21,27)(H,23,24). The predicted molar refractivity (Wildman–Crippen MR) is 102 cm³/mol. The van der Waals surface area contributed by atoms with Crippen molar-refractivity contribution in [1.82, 2.24) is 14.9 Å². The monoisotopic (exact) mass is 384 g/mol. The van der Waals surface area contributed by atoms with Crippen LogP contribution in [0.5, 0.6) is 11.5 Å². The molecule has 0 amide bonds. The predicted octanol–water partition coefficient (Wildman–Crippen LogP) is 2.96. The average molecular weight is 384 g/mol. The van der Waals surface area contributed by atoms with E-state index in [9.17, 15) is 4.79 Å². The molecule has 0 fully saturated rings. The molecule has 2 N–H and O–H groups in total. The third kappa shape index (κ3) is 4.21. The van der Waals surface area contributed by atoms with Crippen molar-refractivity contribution in [3.8, 4) is 22.9 Å². The van der Waals surface area contributed by atoms with Gasteiger partial charge in [0.15, 0.2) is 12.4 Å². The summed E-state index contributed by atoms with van der Waals surface area (Å²) in [5, 5.41) is 20.1. The second-order valence-electron chi connectivity index (χ2n) is 5.33. The summed E-state index contributed by atoms with van der Waals surface area (Å²) in [7, 11) is 1.57. The second-order valence-corrected chi connectivity index (χ2v) is 5.72. The van der Waals surface area contributed by atoms with Crippen LogP contribution >= 0.6 is 12.2 Å². The van der Waals surface area contributed by atoms with Crippen LogP contribution in [0.4, 0.5) is 0 Å². The van der Waals surface area contributed by atoms with Crippen molar-refractivity contribution < 1.29 is 19.4 Å². The zero-order valence-electron chi connectivity index (χ0n) is 14.3. The van der Waals surface area contributed by atoms with Crippen molar-refractivity contribution >= 4 is 24.4 Å². The molecule has 3 rings (SSSR count).